The number of fused-ring (bicyclic) bond motifs is 1. The van der Waals surface area contributed by atoms with E-state index in [0.29, 0.717) is 25.5 Å². The normalized spacial score (nSPS) is 11.1. The highest BCUT2D eigenvalue weighted by molar-refractivity contribution is 5.74. The van der Waals surface area contributed by atoms with Gasteiger partial charge in [0.1, 0.15) is 11.3 Å². The smallest absolute Gasteiger partial charge is 0.180 e. The van der Waals surface area contributed by atoms with Gasteiger partial charge in [0.25, 0.3) is 0 Å². The number of ether oxygens (including phenoxy) is 1. The second-order valence-electron chi connectivity index (χ2n) is 6.55. The van der Waals surface area contributed by atoms with E-state index in [2.05, 4.69) is 42.8 Å². The Balaban J connectivity index is 1.48. The van der Waals surface area contributed by atoms with Crippen LogP contribution in [-0.4, -0.2) is 51.7 Å². The molecular weight excluding hydrogens is 366 g/mol. The minimum atomic E-state index is 0.597. The molecule has 0 saturated heterocycles. The van der Waals surface area contributed by atoms with Gasteiger partial charge < -0.3 is 10.1 Å². The molecule has 0 unspecified atom stereocenters. The lowest BCUT2D eigenvalue weighted by molar-refractivity contribution is 0.200. The number of hydrogen-bond donors (Lipinski definition) is 2. The van der Waals surface area contributed by atoms with E-state index < -0.39 is 0 Å². The molecule has 0 aliphatic carbocycles. The van der Waals surface area contributed by atoms with Crippen LogP contribution < -0.4 is 10.6 Å². The van der Waals surface area contributed by atoms with E-state index in [-0.39, 0.29) is 0 Å². The predicted octanol–water partition coefficient (Wildman–Crippen LogP) is 2.54. The van der Waals surface area contributed by atoms with Crippen molar-refractivity contribution in [2.24, 2.45) is 0 Å². The minimum absolute atomic E-state index is 0.597. The third-order valence-corrected chi connectivity index (χ3v) is 4.40. The third kappa shape index (κ3) is 4.92. The first-order valence-electron chi connectivity index (χ1n) is 9.46. The quantitative estimate of drug-likeness (QED) is 0.336. The highest BCUT2D eigenvalue weighted by atomic mass is 16.5. The van der Waals surface area contributed by atoms with Crippen LogP contribution in [0.1, 0.15) is 5.56 Å². The zero-order valence-corrected chi connectivity index (χ0v) is 16.2. The topological polar surface area (TPSA) is 89.8 Å². The SMILES string of the molecule is COCCNCNc1ccc2ncc(-c3cnn(Cc4ccccc4)c3)nc2n1. The number of hydrogen-bond acceptors (Lipinski definition) is 7. The Morgan fingerprint density at radius 3 is 2.79 bits per heavy atom. The Labute approximate surface area is 169 Å². The van der Waals surface area contributed by atoms with Crippen molar-refractivity contribution in [1.82, 2.24) is 30.0 Å². The number of anilines is 1. The van der Waals surface area contributed by atoms with Gasteiger partial charge in [-0.1, -0.05) is 30.3 Å². The van der Waals surface area contributed by atoms with Crippen molar-refractivity contribution in [3.05, 3.63) is 66.6 Å². The molecule has 0 aliphatic rings. The van der Waals surface area contributed by atoms with Gasteiger partial charge in [-0.2, -0.15) is 5.10 Å². The van der Waals surface area contributed by atoms with Crippen LogP contribution >= 0.6 is 0 Å². The van der Waals surface area contributed by atoms with Gasteiger partial charge in [0.15, 0.2) is 5.65 Å². The summed E-state index contributed by atoms with van der Waals surface area (Å²) in [7, 11) is 1.68. The van der Waals surface area contributed by atoms with Gasteiger partial charge in [0.2, 0.25) is 0 Å². The van der Waals surface area contributed by atoms with Gasteiger partial charge in [-0.3, -0.25) is 15.0 Å². The molecule has 2 N–H and O–H groups in total. The molecule has 0 aliphatic heterocycles. The number of nitrogens with zero attached hydrogens (tertiary/aromatic N) is 5. The average Bonchev–Trinajstić information content (AvgIpc) is 3.22. The van der Waals surface area contributed by atoms with Crippen molar-refractivity contribution < 1.29 is 4.74 Å². The molecule has 8 heteroatoms. The molecule has 0 saturated carbocycles. The van der Waals surface area contributed by atoms with Gasteiger partial charge in [0, 0.05) is 25.4 Å². The summed E-state index contributed by atoms with van der Waals surface area (Å²) in [5.74, 6) is 0.744. The van der Waals surface area contributed by atoms with E-state index in [1.165, 1.54) is 5.56 Å². The summed E-state index contributed by atoms with van der Waals surface area (Å²) in [6.07, 6.45) is 5.54. The average molecular weight is 389 g/mol. The van der Waals surface area contributed by atoms with Gasteiger partial charge in [-0.05, 0) is 17.7 Å². The minimum Gasteiger partial charge on any atom is -0.383 e. The van der Waals surface area contributed by atoms with Crippen LogP contribution in [-0.2, 0) is 11.3 Å². The number of aromatic nitrogens is 5. The maximum absolute atomic E-state index is 5.01. The molecule has 0 amide bonds. The Morgan fingerprint density at radius 2 is 1.93 bits per heavy atom. The Morgan fingerprint density at radius 1 is 1.03 bits per heavy atom. The molecule has 3 aromatic heterocycles. The van der Waals surface area contributed by atoms with Crippen molar-refractivity contribution in [3.63, 3.8) is 0 Å². The van der Waals surface area contributed by atoms with Crippen LogP contribution in [0, 0.1) is 0 Å². The van der Waals surface area contributed by atoms with Gasteiger partial charge in [-0.15, -0.1) is 0 Å². The molecule has 0 spiro atoms. The van der Waals surface area contributed by atoms with Crippen LogP contribution in [0.15, 0.2) is 61.1 Å². The van der Waals surface area contributed by atoms with E-state index in [1.54, 1.807) is 19.5 Å². The van der Waals surface area contributed by atoms with Crippen molar-refractivity contribution in [1.29, 1.82) is 0 Å². The van der Waals surface area contributed by atoms with Crippen LogP contribution in [0.3, 0.4) is 0 Å². The monoisotopic (exact) mass is 389 g/mol. The van der Waals surface area contributed by atoms with Gasteiger partial charge in [-0.25, -0.2) is 9.97 Å². The van der Waals surface area contributed by atoms with E-state index in [9.17, 15) is 0 Å². The van der Waals surface area contributed by atoms with E-state index >= 15 is 0 Å². The van der Waals surface area contributed by atoms with Crippen molar-refractivity contribution in [2.75, 3.05) is 32.2 Å². The highest BCUT2D eigenvalue weighted by Gasteiger charge is 2.08. The number of methoxy groups -OCH3 is 1. The van der Waals surface area contributed by atoms with Crippen LogP contribution in [0.4, 0.5) is 5.82 Å². The first kappa shape index (κ1) is 19.0. The van der Waals surface area contributed by atoms with E-state index in [4.69, 9.17) is 4.74 Å². The summed E-state index contributed by atoms with van der Waals surface area (Å²) in [5.41, 5.74) is 4.21. The summed E-state index contributed by atoms with van der Waals surface area (Å²) < 4.78 is 6.91. The lowest BCUT2D eigenvalue weighted by Gasteiger charge is -2.08. The maximum Gasteiger partial charge on any atom is 0.180 e. The first-order valence-corrected chi connectivity index (χ1v) is 9.46. The van der Waals surface area contributed by atoms with Crippen LogP contribution in [0.5, 0.6) is 0 Å². The molecule has 8 nitrogen and oxygen atoms in total. The molecule has 3 heterocycles. The number of benzene rings is 1. The number of nitrogens with one attached hydrogen (secondary N) is 2. The predicted molar refractivity (Wildman–Crippen MR) is 112 cm³/mol. The molecule has 4 rings (SSSR count). The number of pyridine rings is 1. The van der Waals surface area contributed by atoms with Crippen molar-refractivity contribution >= 4 is 17.0 Å². The second kappa shape index (κ2) is 9.22. The molecule has 1 aromatic carbocycles. The standard InChI is InChI=1S/C21H23N7O/c1-29-10-9-22-15-24-20-8-7-18-21(27-20)26-19(12-23-18)17-11-25-28(14-17)13-16-5-3-2-4-6-16/h2-8,11-12,14,22H,9-10,13,15H2,1H3,(H,24,26,27). The summed E-state index contributed by atoms with van der Waals surface area (Å²) in [5, 5.41) is 10.9. The molecule has 4 aromatic rings. The summed E-state index contributed by atoms with van der Waals surface area (Å²) >= 11 is 0. The molecule has 0 fully saturated rings. The van der Waals surface area contributed by atoms with Gasteiger partial charge in [0.05, 0.1) is 37.9 Å². The molecular formula is C21H23N7O. The molecule has 29 heavy (non-hydrogen) atoms. The Hall–Kier alpha value is -3.36. The van der Waals surface area contributed by atoms with Crippen LogP contribution in [0.25, 0.3) is 22.4 Å². The fourth-order valence-corrected chi connectivity index (χ4v) is 2.90. The Kier molecular flexibility index (Phi) is 6.04. The zero-order chi connectivity index (χ0) is 19.9. The van der Waals surface area contributed by atoms with Crippen molar-refractivity contribution in [2.45, 2.75) is 6.54 Å². The first-order chi connectivity index (χ1) is 14.3. The summed E-state index contributed by atoms with van der Waals surface area (Å²) in [6.45, 7) is 2.75. The van der Waals surface area contributed by atoms with E-state index in [0.717, 1.165) is 29.1 Å². The lowest BCUT2D eigenvalue weighted by atomic mass is 10.2. The lowest BCUT2D eigenvalue weighted by Crippen LogP contribution is -2.25. The number of rotatable bonds is 9. The molecule has 148 valence electrons. The van der Waals surface area contributed by atoms with Crippen LogP contribution in [0.2, 0.25) is 0 Å². The van der Waals surface area contributed by atoms with E-state index in [1.807, 2.05) is 41.2 Å². The molecule has 0 bridgehead atoms. The largest absolute Gasteiger partial charge is 0.383 e. The molecule has 0 radical (unpaired) electrons. The molecule has 0 atom stereocenters. The highest BCUT2D eigenvalue weighted by Crippen LogP contribution is 2.19. The maximum atomic E-state index is 5.01. The second-order valence-corrected chi connectivity index (χ2v) is 6.55. The van der Waals surface area contributed by atoms with Crippen molar-refractivity contribution in [3.8, 4) is 11.3 Å². The fourth-order valence-electron chi connectivity index (χ4n) is 2.90. The Bertz CT molecular complexity index is 1070. The summed E-state index contributed by atoms with van der Waals surface area (Å²) in [4.78, 5) is 13.7. The van der Waals surface area contributed by atoms with Gasteiger partial charge >= 0.3 is 0 Å². The fraction of sp³-hybridized carbons (Fsp3) is 0.238. The zero-order valence-electron chi connectivity index (χ0n) is 16.2. The third-order valence-electron chi connectivity index (χ3n) is 4.40. The summed E-state index contributed by atoms with van der Waals surface area (Å²) in [6, 6.07) is 14.0.